The molecule has 1 aliphatic heterocycles. The third-order valence-electron chi connectivity index (χ3n) is 3.44. The number of aromatic nitrogens is 2. The van der Waals surface area contributed by atoms with Gasteiger partial charge in [0.2, 0.25) is 0 Å². The number of rotatable bonds is 6. The van der Waals surface area contributed by atoms with Crippen molar-refractivity contribution >= 4 is 5.82 Å². The minimum atomic E-state index is 0.294. The van der Waals surface area contributed by atoms with Gasteiger partial charge in [0.25, 0.3) is 5.88 Å². The van der Waals surface area contributed by atoms with Gasteiger partial charge in [-0.05, 0) is 25.3 Å². The zero-order chi connectivity index (χ0) is 13.5. The zero-order valence-corrected chi connectivity index (χ0v) is 11.4. The van der Waals surface area contributed by atoms with E-state index in [2.05, 4.69) is 20.2 Å². The molecule has 1 saturated heterocycles. The Morgan fingerprint density at radius 2 is 2.32 bits per heavy atom. The second kappa shape index (κ2) is 7.25. The van der Waals surface area contributed by atoms with E-state index >= 15 is 0 Å². The summed E-state index contributed by atoms with van der Waals surface area (Å²) in [5, 5.41) is 12.4. The fourth-order valence-corrected chi connectivity index (χ4v) is 2.43. The molecule has 0 amide bonds. The topological polar surface area (TPSA) is 70.5 Å². The van der Waals surface area contributed by atoms with Crippen LogP contribution in [0.15, 0.2) is 12.4 Å². The third kappa shape index (κ3) is 4.04. The van der Waals surface area contributed by atoms with Crippen LogP contribution < -0.4 is 10.1 Å². The molecule has 1 aromatic rings. The molecule has 6 nitrogen and oxygen atoms in total. The largest absolute Gasteiger partial charge is 0.478 e. The van der Waals surface area contributed by atoms with Gasteiger partial charge in [-0.25, -0.2) is 9.97 Å². The molecule has 1 fully saturated rings. The van der Waals surface area contributed by atoms with Gasteiger partial charge in [0, 0.05) is 38.6 Å². The summed E-state index contributed by atoms with van der Waals surface area (Å²) in [5.41, 5.74) is 0. The molecule has 106 valence electrons. The van der Waals surface area contributed by atoms with Gasteiger partial charge < -0.3 is 20.1 Å². The van der Waals surface area contributed by atoms with E-state index in [0.29, 0.717) is 24.2 Å². The molecule has 0 aliphatic carbocycles. The van der Waals surface area contributed by atoms with Gasteiger partial charge in [0.05, 0.1) is 7.11 Å². The van der Waals surface area contributed by atoms with E-state index in [1.54, 1.807) is 19.5 Å². The standard InChI is InChI=1S/C13H22N4O2/c1-19-13-12(14-4-5-16-13)15-6-8-17-7-2-3-11(9-17)10-18/h4-5,11,18H,2-3,6-10H2,1H3,(H,14,15). The highest BCUT2D eigenvalue weighted by Crippen LogP contribution is 2.17. The fourth-order valence-electron chi connectivity index (χ4n) is 2.43. The van der Waals surface area contributed by atoms with Crippen molar-refractivity contribution in [3.05, 3.63) is 12.4 Å². The molecule has 1 atom stereocenters. The predicted molar refractivity (Wildman–Crippen MR) is 73.3 cm³/mol. The Bertz CT molecular complexity index is 389. The van der Waals surface area contributed by atoms with E-state index in [1.165, 1.54) is 6.42 Å². The van der Waals surface area contributed by atoms with E-state index in [9.17, 15) is 5.11 Å². The summed E-state index contributed by atoms with van der Waals surface area (Å²) in [6.45, 7) is 4.12. The number of hydrogen-bond acceptors (Lipinski definition) is 6. The fraction of sp³-hybridized carbons (Fsp3) is 0.692. The van der Waals surface area contributed by atoms with Crippen molar-refractivity contribution in [3.63, 3.8) is 0 Å². The van der Waals surface area contributed by atoms with Crippen molar-refractivity contribution in [1.29, 1.82) is 0 Å². The Kier molecular flexibility index (Phi) is 5.35. The van der Waals surface area contributed by atoms with Crippen LogP contribution in [0.5, 0.6) is 5.88 Å². The summed E-state index contributed by atoms with van der Waals surface area (Å²) in [4.78, 5) is 10.7. The molecule has 2 rings (SSSR count). The SMILES string of the molecule is COc1nccnc1NCCN1CCCC(CO)C1. The van der Waals surface area contributed by atoms with E-state index in [4.69, 9.17) is 4.74 Å². The number of aliphatic hydroxyl groups is 1. The normalized spacial score (nSPS) is 20.2. The van der Waals surface area contributed by atoms with Crippen LogP contribution in [0, 0.1) is 5.92 Å². The van der Waals surface area contributed by atoms with E-state index < -0.39 is 0 Å². The van der Waals surface area contributed by atoms with Gasteiger partial charge in [-0.15, -0.1) is 0 Å². The number of ether oxygens (including phenoxy) is 1. The summed E-state index contributed by atoms with van der Waals surface area (Å²) < 4.78 is 5.14. The maximum atomic E-state index is 9.20. The maximum absolute atomic E-state index is 9.20. The highest BCUT2D eigenvalue weighted by molar-refractivity contribution is 5.44. The van der Waals surface area contributed by atoms with Crippen molar-refractivity contribution in [2.75, 3.05) is 45.2 Å². The lowest BCUT2D eigenvalue weighted by molar-refractivity contribution is 0.123. The average Bonchev–Trinajstić information content (AvgIpc) is 2.48. The first-order valence-corrected chi connectivity index (χ1v) is 6.75. The number of anilines is 1. The summed E-state index contributed by atoms with van der Waals surface area (Å²) in [6.07, 6.45) is 5.56. The molecule has 2 N–H and O–H groups in total. The van der Waals surface area contributed by atoms with Gasteiger partial charge >= 0.3 is 0 Å². The Hall–Kier alpha value is -1.40. The van der Waals surface area contributed by atoms with Crippen LogP contribution in [0.1, 0.15) is 12.8 Å². The molecule has 1 unspecified atom stereocenters. The molecular formula is C13H22N4O2. The first-order valence-electron chi connectivity index (χ1n) is 6.75. The molecule has 0 spiro atoms. The lowest BCUT2D eigenvalue weighted by atomic mass is 9.99. The lowest BCUT2D eigenvalue weighted by Crippen LogP contribution is -2.39. The first-order chi connectivity index (χ1) is 9.33. The average molecular weight is 266 g/mol. The van der Waals surface area contributed by atoms with Crippen LogP contribution >= 0.6 is 0 Å². The van der Waals surface area contributed by atoms with Crippen LogP contribution in [0.25, 0.3) is 0 Å². The lowest BCUT2D eigenvalue weighted by Gasteiger charge is -2.31. The maximum Gasteiger partial charge on any atom is 0.257 e. The summed E-state index contributed by atoms with van der Waals surface area (Å²) >= 11 is 0. The number of methoxy groups -OCH3 is 1. The van der Waals surface area contributed by atoms with E-state index in [1.807, 2.05) is 0 Å². The molecule has 19 heavy (non-hydrogen) atoms. The number of aliphatic hydroxyl groups excluding tert-OH is 1. The van der Waals surface area contributed by atoms with Crippen LogP contribution in [0.3, 0.4) is 0 Å². The first kappa shape index (κ1) is 14.0. The highest BCUT2D eigenvalue weighted by Gasteiger charge is 2.18. The third-order valence-corrected chi connectivity index (χ3v) is 3.44. The predicted octanol–water partition coefficient (Wildman–Crippen LogP) is 0.601. The number of hydrogen-bond donors (Lipinski definition) is 2. The molecule has 1 aliphatic rings. The highest BCUT2D eigenvalue weighted by atomic mass is 16.5. The smallest absolute Gasteiger partial charge is 0.257 e. The van der Waals surface area contributed by atoms with Crippen molar-refractivity contribution in [2.24, 2.45) is 5.92 Å². The molecule has 0 aromatic carbocycles. The second-order valence-electron chi connectivity index (χ2n) is 4.83. The number of likely N-dealkylation sites (tertiary alicyclic amines) is 1. The van der Waals surface area contributed by atoms with E-state index in [-0.39, 0.29) is 0 Å². The second-order valence-corrected chi connectivity index (χ2v) is 4.83. The summed E-state index contributed by atoms with van der Waals surface area (Å²) in [6, 6.07) is 0. The quantitative estimate of drug-likeness (QED) is 0.786. The van der Waals surface area contributed by atoms with Crippen molar-refractivity contribution in [1.82, 2.24) is 14.9 Å². The minimum absolute atomic E-state index is 0.294. The van der Waals surface area contributed by atoms with Gasteiger partial charge in [-0.2, -0.15) is 0 Å². The van der Waals surface area contributed by atoms with Crippen LogP contribution in [0.4, 0.5) is 5.82 Å². The Balaban J connectivity index is 1.77. The minimum Gasteiger partial charge on any atom is -0.478 e. The van der Waals surface area contributed by atoms with Gasteiger partial charge in [0.1, 0.15) is 0 Å². The molecule has 2 heterocycles. The van der Waals surface area contributed by atoms with Gasteiger partial charge in [0.15, 0.2) is 5.82 Å². The molecule has 0 saturated carbocycles. The molecule has 0 radical (unpaired) electrons. The zero-order valence-electron chi connectivity index (χ0n) is 11.4. The number of nitrogens with zero attached hydrogens (tertiary/aromatic N) is 3. The molecule has 6 heteroatoms. The Morgan fingerprint density at radius 3 is 3.11 bits per heavy atom. The summed E-state index contributed by atoms with van der Waals surface area (Å²) in [5.74, 6) is 1.63. The van der Waals surface area contributed by atoms with Crippen LogP contribution in [-0.4, -0.2) is 59.9 Å². The van der Waals surface area contributed by atoms with Gasteiger partial charge in [-0.1, -0.05) is 0 Å². The Morgan fingerprint density at radius 1 is 1.47 bits per heavy atom. The van der Waals surface area contributed by atoms with E-state index in [0.717, 1.165) is 32.6 Å². The molecular weight excluding hydrogens is 244 g/mol. The summed E-state index contributed by atoms with van der Waals surface area (Å²) in [7, 11) is 1.59. The molecule has 1 aromatic heterocycles. The van der Waals surface area contributed by atoms with Gasteiger partial charge in [-0.3, -0.25) is 0 Å². The molecule has 0 bridgehead atoms. The van der Waals surface area contributed by atoms with Crippen molar-refractivity contribution < 1.29 is 9.84 Å². The number of piperidine rings is 1. The number of nitrogens with one attached hydrogen (secondary N) is 1. The van der Waals surface area contributed by atoms with Crippen LogP contribution in [-0.2, 0) is 0 Å². The monoisotopic (exact) mass is 266 g/mol. The van der Waals surface area contributed by atoms with Crippen molar-refractivity contribution in [2.45, 2.75) is 12.8 Å². The van der Waals surface area contributed by atoms with Crippen molar-refractivity contribution in [3.8, 4) is 5.88 Å². The Labute approximate surface area is 113 Å². The van der Waals surface area contributed by atoms with Crippen LogP contribution in [0.2, 0.25) is 0 Å².